The SMILES string of the molecule is C[S@](=O)CC(N)c1ccc(-c2ccc3ncnc(Nc4ccc(OCc5cccc(F)c5)c(Cl)c4)c3c2)o1. The summed E-state index contributed by atoms with van der Waals surface area (Å²) in [5.41, 5.74) is 9.10. The highest BCUT2D eigenvalue weighted by Gasteiger charge is 2.15. The summed E-state index contributed by atoms with van der Waals surface area (Å²) in [4.78, 5) is 8.79. The summed E-state index contributed by atoms with van der Waals surface area (Å²) < 4.78 is 36.7. The number of halogens is 2. The van der Waals surface area contributed by atoms with Crippen LogP contribution in [0.1, 0.15) is 17.4 Å². The zero-order chi connectivity index (χ0) is 26.6. The van der Waals surface area contributed by atoms with Gasteiger partial charge >= 0.3 is 0 Å². The Kier molecular flexibility index (Phi) is 7.69. The number of hydrogen-bond donors (Lipinski definition) is 2. The fraction of sp³-hybridized carbons (Fsp3) is 0.143. The molecule has 0 aliphatic carbocycles. The maximum Gasteiger partial charge on any atom is 0.141 e. The highest BCUT2D eigenvalue weighted by Crippen LogP contribution is 2.33. The summed E-state index contributed by atoms with van der Waals surface area (Å²) in [6.07, 6.45) is 3.10. The monoisotopic (exact) mass is 550 g/mol. The van der Waals surface area contributed by atoms with Gasteiger partial charge in [0.05, 0.1) is 16.6 Å². The van der Waals surface area contributed by atoms with Crippen LogP contribution in [0.5, 0.6) is 5.75 Å². The van der Waals surface area contributed by atoms with Crippen LogP contribution < -0.4 is 15.8 Å². The van der Waals surface area contributed by atoms with Crippen LogP contribution in [0.4, 0.5) is 15.9 Å². The van der Waals surface area contributed by atoms with E-state index in [9.17, 15) is 8.60 Å². The number of nitrogens with one attached hydrogen (secondary N) is 1. The predicted octanol–water partition coefficient (Wildman–Crippen LogP) is 6.38. The number of benzene rings is 3. The molecule has 3 aromatic carbocycles. The average Bonchev–Trinajstić information content (AvgIpc) is 3.39. The number of hydrogen-bond acceptors (Lipinski definition) is 7. The van der Waals surface area contributed by atoms with Crippen molar-refractivity contribution >= 4 is 44.8 Å². The van der Waals surface area contributed by atoms with Gasteiger partial charge in [-0.25, -0.2) is 14.4 Å². The van der Waals surface area contributed by atoms with Crippen LogP contribution in [0.15, 0.2) is 83.5 Å². The second-order valence-corrected chi connectivity index (χ2v) is 10.6. The summed E-state index contributed by atoms with van der Waals surface area (Å²) in [5, 5.41) is 4.48. The summed E-state index contributed by atoms with van der Waals surface area (Å²) in [6, 6.07) is 20.5. The molecule has 0 amide bonds. The maximum atomic E-state index is 13.4. The third-order valence-corrected chi connectivity index (χ3v) is 6.93. The highest BCUT2D eigenvalue weighted by atomic mass is 35.5. The molecule has 38 heavy (non-hydrogen) atoms. The number of rotatable bonds is 9. The van der Waals surface area contributed by atoms with Crippen LogP contribution in [0.3, 0.4) is 0 Å². The molecule has 0 fully saturated rings. The van der Waals surface area contributed by atoms with E-state index in [0.717, 1.165) is 16.5 Å². The number of aromatic nitrogens is 2. The van der Waals surface area contributed by atoms with Gasteiger partial charge in [-0.05, 0) is 66.2 Å². The van der Waals surface area contributed by atoms with E-state index in [0.29, 0.717) is 45.1 Å². The number of ether oxygens (including phenoxy) is 1. The first-order valence-electron chi connectivity index (χ1n) is 11.7. The van der Waals surface area contributed by atoms with E-state index in [1.807, 2.05) is 30.3 Å². The van der Waals surface area contributed by atoms with Gasteiger partial charge in [0.15, 0.2) is 0 Å². The van der Waals surface area contributed by atoms with Crippen molar-refractivity contribution in [2.75, 3.05) is 17.3 Å². The highest BCUT2D eigenvalue weighted by molar-refractivity contribution is 7.84. The molecule has 0 radical (unpaired) electrons. The van der Waals surface area contributed by atoms with E-state index < -0.39 is 16.8 Å². The van der Waals surface area contributed by atoms with Gasteiger partial charge in [0.2, 0.25) is 0 Å². The second-order valence-electron chi connectivity index (χ2n) is 8.69. The molecule has 7 nitrogen and oxygen atoms in total. The van der Waals surface area contributed by atoms with Crippen molar-refractivity contribution in [1.82, 2.24) is 9.97 Å². The van der Waals surface area contributed by atoms with Crippen LogP contribution in [0.25, 0.3) is 22.2 Å². The second kappa shape index (κ2) is 11.3. The number of furan rings is 1. The molecule has 0 aliphatic heterocycles. The lowest BCUT2D eigenvalue weighted by Crippen LogP contribution is -2.16. The first kappa shape index (κ1) is 25.8. The fourth-order valence-corrected chi connectivity index (χ4v) is 4.88. The zero-order valence-electron chi connectivity index (χ0n) is 20.4. The van der Waals surface area contributed by atoms with Crippen molar-refractivity contribution in [2.45, 2.75) is 12.6 Å². The van der Waals surface area contributed by atoms with E-state index in [1.165, 1.54) is 18.5 Å². The number of anilines is 2. The number of fused-ring (bicyclic) bond motifs is 1. The Morgan fingerprint density at radius 2 is 1.97 bits per heavy atom. The number of nitrogens with two attached hydrogens (primary N) is 1. The quantitative estimate of drug-likeness (QED) is 0.219. The first-order valence-corrected chi connectivity index (χ1v) is 13.8. The van der Waals surface area contributed by atoms with Crippen LogP contribution in [0.2, 0.25) is 5.02 Å². The minimum absolute atomic E-state index is 0.194. The molecule has 0 aliphatic rings. The third kappa shape index (κ3) is 6.02. The lowest BCUT2D eigenvalue weighted by Gasteiger charge is -2.12. The fourth-order valence-electron chi connectivity index (χ4n) is 3.97. The number of nitrogens with zero attached hydrogens (tertiary/aromatic N) is 2. The Morgan fingerprint density at radius 3 is 2.76 bits per heavy atom. The summed E-state index contributed by atoms with van der Waals surface area (Å²) >= 11 is 6.46. The molecular formula is C28H24ClFN4O3S. The topological polar surface area (TPSA) is 103 Å². The lowest BCUT2D eigenvalue weighted by atomic mass is 10.1. The van der Waals surface area contributed by atoms with Gasteiger partial charge in [-0.3, -0.25) is 4.21 Å². The van der Waals surface area contributed by atoms with Crippen molar-refractivity contribution in [3.8, 4) is 17.1 Å². The van der Waals surface area contributed by atoms with Crippen molar-refractivity contribution in [3.63, 3.8) is 0 Å². The molecule has 2 heterocycles. The lowest BCUT2D eigenvalue weighted by molar-refractivity contribution is 0.306. The zero-order valence-corrected chi connectivity index (χ0v) is 21.9. The standard InChI is InChI=1S/C28H24ClFN4O3S/c1-38(35)15-23(31)27-10-9-25(37-27)18-5-7-24-21(12-18)28(33-16-32-24)34-20-6-8-26(22(29)13-20)36-14-17-3-2-4-19(30)11-17/h2-13,16,23H,14-15,31H2,1H3,(H,32,33,34)/t23?,38-/m0/s1. The van der Waals surface area contributed by atoms with E-state index in [2.05, 4.69) is 15.3 Å². The molecular weight excluding hydrogens is 527 g/mol. The van der Waals surface area contributed by atoms with Crippen molar-refractivity contribution in [1.29, 1.82) is 0 Å². The molecule has 2 atom stereocenters. The minimum Gasteiger partial charge on any atom is -0.487 e. The van der Waals surface area contributed by atoms with Gasteiger partial charge in [0.1, 0.15) is 41.8 Å². The van der Waals surface area contributed by atoms with Crippen LogP contribution in [-0.4, -0.2) is 26.2 Å². The van der Waals surface area contributed by atoms with Gasteiger partial charge in [-0.2, -0.15) is 0 Å². The smallest absolute Gasteiger partial charge is 0.141 e. The molecule has 0 bridgehead atoms. The van der Waals surface area contributed by atoms with E-state index >= 15 is 0 Å². The minimum atomic E-state index is -1.03. The van der Waals surface area contributed by atoms with Crippen LogP contribution >= 0.6 is 11.6 Å². The van der Waals surface area contributed by atoms with Gasteiger partial charge in [-0.1, -0.05) is 23.7 Å². The Balaban J connectivity index is 1.36. The Labute approximate surface area is 226 Å². The van der Waals surface area contributed by atoms with Crippen molar-refractivity contribution in [2.24, 2.45) is 5.73 Å². The predicted molar refractivity (Wildman–Crippen MR) is 149 cm³/mol. The summed E-state index contributed by atoms with van der Waals surface area (Å²) in [7, 11) is -1.03. The van der Waals surface area contributed by atoms with Gasteiger partial charge < -0.3 is 20.2 Å². The molecule has 1 unspecified atom stereocenters. The average molecular weight is 551 g/mol. The molecule has 2 aromatic heterocycles. The maximum absolute atomic E-state index is 13.4. The van der Waals surface area contributed by atoms with Crippen molar-refractivity contribution < 1.29 is 17.8 Å². The van der Waals surface area contributed by atoms with Crippen molar-refractivity contribution in [3.05, 3.63) is 101 Å². The third-order valence-electron chi connectivity index (χ3n) is 5.80. The molecule has 0 saturated carbocycles. The normalized spacial score (nSPS) is 12.8. The molecule has 5 rings (SSSR count). The van der Waals surface area contributed by atoms with Crippen LogP contribution in [0, 0.1) is 5.82 Å². The first-order chi connectivity index (χ1) is 18.4. The van der Waals surface area contributed by atoms with E-state index in [1.54, 1.807) is 36.6 Å². The summed E-state index contributed by atoms with van der Waals surface area (Å²) in [5.74, 6) is 2.29. The Bertz CT molecular complexity index is 1630. The Morgan fingerprint density at radius 1 is 1.11 bits per heavy atom. The molecule has 0 spiro atoms. The molecule has 5 aromatic rings. The van der Waals surface area contributed by atoms with E-state index in [-0.39, 0.29) is 12.4 Å². The molecule has 10 heteroatoms. The molecule has 194 valence electrons. The van der Waals surface area contributed by atoms with Gasteiger partial charge in [0.25, 0.3) is 0 Å². The van der Waals surface area contributed by atoms with Crippen LogP contribution in [-0.2, 0) is 17.4 Å². The molecule has 3 N–H and O–H groups in total. The van der Waals surface area contributed by atoms with Gasteiger partial charge in [0, 0.05) is 39.4 Å². The largest absolute Gasteiger partial charge is 0.487 e. The Hall–Kier alpha value is -3.79. The molecule has 0 saturated heterocycles. The van der Waals surface area contributed by atoms with Gasteiger partial charge in [-0.15, -0.1) is 0 Å². The summed E-state index contributed by atoms with van der Waals surface area (Å²) in [6.45, 7) is 0.194. The van der Waals surface area contributed by atoms with E-state index in [4.69, 9.17) is 26.5 Å².